The molecular formula is C26H24N2O5. The van der Waals surface area contributed by atoms with Crippen LogP contribution in [0.1, 0.15) is 24.1 Å². The van der Waals surface area contributed by atoms with Gasteiger partial charge in [-0.05, 0) is 42.3 Å². The minimum Gasteiger partial charge on any atom is -0.504 e. The third-order valence-corrected chi connectivity index (χ3v) is 6.03. The van der Waals surface area contributed by atoms with Gasteiger partial charge in [-0.3, -0.25) is 19.3 Å². The van der Waals surface area contributed by atoms with Gasteiger partial charge in [-0.2, -0.15) is 0 Å². The fraction of sp³-hybridized carbons (Fsp3) is 0.231. The maximum absolute atomic E-state index is 13.6. The molecule has 1 N–H and O–H groups in total. The second-order valence-electron chi connectivity index (χ2n) is 8.07. The van der Waals surface area contributed by atoms with Gasteiger partial charge in [-0.15, -0.1) is 0 Å². The molecule has 3 aromatic carbocycles. The number of anilines is 1. The first-order chi connectivity index (χ1) is 16.1. The second-order valence-corrected chi connectivity index (χ2v) is 8.07. The Morgan fingerprint density at radius 2 is 1.64 bits per heavy atom. The average Bonchev–Trinajstić information content (AvgIpc) is 3.34. The summed E-state index contributed by atoms with van der Waals surface area (Å²) in [6.07, 6.45) is -0.921. The monoisotopic (exact) mass is 444 g/mol. The number of phenols is 1. The van der Waals surface area contributed by atoms with Crippen molar-refractivity contribution in [3.8, 4) is 11.5 Å². The zero-order valence-corrected chi connectivity index (χ0v) is 18.1. The number of carbonyl (C=O) groups excluding carboxylic acids is 2. The molecule has 2 aliphatic heterocycles. The third-order valence-electron chi connectivity index (χ3n) is 6.03. The van der Waals surface area contributed by atoms with Crippen molar-refractivity contribution < 1.29 is 24.3 Å². The van der Waals surface area contributed by atoms with Gasteiger partial charge in [0.05, 0.1) is 24.9 Å². The number of likely N-dealkylation sites (tertiary alicyclic amines) is 1. The molecular weight excluding hydrogens is 420 g/mol. The number of nitrogens with zero attached hydrogens (tertiary/aromatic N) is 2. The summed E-state index contributed by atoms with van der Waals surface area (Å²) in [4.78, 5) is 34.2. The van der Waals surface area contributed by atoms with Crippen molar-refractivity contribution in [2.45, 2.75) is 25.6 Å². The molecule has 5 rings (SSSR count). The number of ether oxygens (including phenoxy) is 1. The van der Waals surface area contributed by atoms with Crippen molar-refractivity contribution in [1.29, 1.82) is 0 Å². The van der Waals surface area contributed by atoms with Crippen molar-refractivity contribution in [1.82, 2.24) is 4.90 Å². The number of amides is 2. The van der Waals surface area contributed by atoms with Gasteiger partial charge in [0, 0.05) is 0 Å². The van der Waals surface area contributed by atoms with Crippen LogP contribution < -0.4 is 9.80 Å². The number of imide groups is 1. The molecule has 0 aliphatic carbocycles. The molecule has 168 valence electrons. The van der Waals surface area contributed by atoms with Gasteiger partial charge >= 0.3 is 0 Å². The van der Waals surface area contributed by atoms with Crippen LogP contribution >= 0.6 is 0 Å². The Morgan fingerprint density at radius 3 is 2.33 bits per heavy atom. The van der Waals surface area contributed by atoms with Crippen LogP contribution in [0, 0.1) is 5.92 Å². The maximum Gasteiger partial charge on any atom is 0.262 e. The summed E-state index contributed by atoms with van der Waals surface area (Å²) in [5, 5.41) is 11.8. The maximum atomic E-state index is 13.6. The van der Waals surface area contributed by atoms with Crippen molar-refractivity contribution in [2.75, 3.05) is 11.7 Å². The minimum atomic E-state index is -0.921. The van der Waals surface area contributed by atoms with Crippen LogP contribution in [0.15, 0.2) is 78.9 Å². The van der Waals surface area contributed by atoms with E-state index in [0.717, 1.165) is 16.8 Å². The predicted octanol–water partition coefficient (Wildman–Crippen LogP) is 3.84. The standard InChI is InChI=1S/C26H24N2O5/c1-2-32-21-15-18(13-14-20(21)29)23-22-24(33-28(23)19-11-7-4-8-12-19)26(31)27(25(22)30)16-17-9-5-3-6-10-17/h3-15,22-24,29H,2,16H2,1H3/t22-,23-,24+/m1/s1. The summed E-state index contributed by atoms with van der Waals surface area (Å²) < 4.78 is 5.57. The molecule has 0 spiro atoms. The van der Waals surface area contributed by atoms with E-state index in [1.807, 2.05) is 67.6 Å². The number of carbonyl (C=O) groups is 2. The van der Waals surface area contributed by atoms with Crippen LogP contribution in [0.3, 0.4) is 0 Å². The summed E-state index contributed by atoms with van der Waals surface area (Å²) in [6.45, 7) is 2.42. The number of fused-ring (bicyclic) bond motifs is 1. The van der Waals surface area contributed by atoms with Crippen molar-refractivity contribution >= 4 is 17.5 Å². The molecule has 33 heavy (non-hydrogen) atoms. The van der Waals surface area contributed by atoms with Crippen LogP contribution in [0.5, 0.6) is 11.5 Å². The lowest BCUT2D eigenvalue weighted by Crippen LogP contribution is -2.36. The van der Waals surface area contributed by atoms with E-state index in [-0.39, 0.29) is 24.1 Å². The van der Waals surface area contributed by atoms with Crippen LogP contribution in [-0.4, -0.2) is 34.5 Å². The number of para-hydroxylation sites is 1. The van der Waals surface area contributed by atoms with Gasteiger partial charge < -0.3 is 9.84 Å². The van der Waals surface area contributed by atoms with Crippen molar-refractivity contribution in [2.24, 2.45) is 5.92 Å². The fourth-order valence-electron chi connectivity index (χ4n) is 4.52. The van der Waals surface area contributed by atoms with Gasteiger partial charge in [0.2, 0.25) is 5.91 Å². The summed E-state index contributed by atoms with van der Waals surface area (Å²) in [5.74, 6) is -1.00. The van der Waals surface area contributed by atoms with Gasteiger partial charge in [0.1, 0.15) is 5.92 Å². The largest absolute Gasteiger partial charge is 0.504 e. The average molecular weight is 444 g/mol. The number of aromatic hydroxyl groups is 1. The highest BCUT2D eigenvalue weighted by Gasteiger charge is 2.59. The van der Waals surface area contributed by atoms with Crippen LogP contribution in [0.4, 0.5) is 5.69 Å². The van der Waals surface area contributed by atoms with E-state index in [1.165, 1.54) is 4.90 Å². The number of rotatable bonds is 6. The molecule has 3 atom stereocenters. The van der Waals surface area contributed by atoms with E-state index in [9.17, 15) is 14.7 Å². The molecule has 2 heterocycles. The Morgan fingerprint density at radius 1 is 0.939 bits per heavy atom. The summed E-state index contributed by atoms with van der Waals surface area (Å²) >= 11 is 0. The minimum absolute atomic E-state index is 0.0156. The predicted molar refractivity (Wildman–Crippen MR) is 121 cm³/mol. The smallest absolute Gasteiger partial charge is 0.262 e. The first-order valence-electron chi connectivity index (χ1n) is 10.9. The third kappa shape index (κ3) is 3.70. The number of benzene rings is 3. The Kier molecular flexibility index (Phi) is 5.48. The normalized spacial score (nSPS) is 22.0. The molecule has 0 radical (unpaired) electrons. The molecule has 0 unspecified atom stereocenters. The van der Waals surface area contributed by atoms with Crippen LogP contribution in [0.25, 0.3) is 0 Å². The summed E-state index contributed by atoms with van der Waals surface area (Å²) in [6, 6.07) is 23.2. The lowest BCUT2D eigenvalue weighted by atomic mass is 9.90. The van der Waals surface area contributed by atoms with Gasteiger partial charge in [0.25, 0.3) is 5.91 Å². The van der Waals surface area contributed by atoms with E-state index in [2.05, 4.69) is 0 Å². The van der Waals surface area contributed by atoms with E-state index in [4.69, 9.17) is 9.57 Å². The SMILES string of the molecule is CCOc1cc([C@@H]2[C@H]3C(=O)N(Cc4ccccc4)C(=O)[C@H]3ON2c2ccccc2)ccc1O. The lowest BCUT2D eigenvalue weighted by molar-refractivity contribution is -0.143. The molecule has 2 saturated heterocycles. The Balaban J connectivity index is 1.54. The highest BCUT2D eigenvalue weighted by atomic mass is 16.7. The first kappa shape index (κ1) is 21.0. The Labute approximate surface area is 191 Å². The van der Waals surface area contributed by atoms with Crippen molar-refractivity contribution in [3.63, 3.8) is 0 Å². The Bertz CT molecular complexity index is 1170. The van der Waals surface area contributed by atoms with E-state index < -0.39 is 18.1 Å². The number of hydroxylamine groups is 1. The van der Waals surface area contributed by atoms with Gasteiger partial charge in [-0.1, -0.05) is 54.6 Å². The molecule has 2 amide bonds. The number of phenolic OH excluding ortho intramolecular Hbond substituents is 1. The topological polar surface area (TPSA) is 79.3 Å². The van der Waals surface area contributed by atoms with Gasteiger partial charge in [-0.25, -0.2) is 5.06 Å². The number of hydrogen-bond acceptors (Lipinski definition) is 6. The van der Waals surface area contributed by atoms with Gasteiger partial charge in [0.15, 0.2) is 17.6 Å². The van der Waals surface area contributed by atoms with Crippen LogP contribution in [-0.2, 0) is 21.0 Å². The quantitative estimate of drug-likeness (QED) is 0.582. The molecule has 3 aromatic rings. The first-order valence-corrected chi connectivity index (χ1v) is 10.9. The molecule has 0 aromatic heterocycles. The Hall–Kier alpha value is -3.84. The van der Waals surface area contributed by atoms with Crippen LogP contribution in [0.2, 0.25) is 0 Å². The van der Waals surface area contributed by atoms with E-state index >= 15 is 0 Å². The molecule has 7 heteroatoms. The van der Waals surface area contributed by atoms with E-state index in [1.54, 1.807) is 23.3 Å². The molecule has 2 fully saturated rings. The second kappa shape index (κ2) is 8.60. The van der Waals surface area contributed by atoms with Crippen molar-refractivity contribution in [3.05, 3.63) is 90.0 Å². The van der Waals surface area contributed by atoms with E-state index in [0.29, 0.717) is 12.4 Å². The molecule has 0 saturated carbocycles. The summed E-state index contributed by atoms with van der Waals surface area (Å²) in [5.41, 5.74) is 2.33. The molecule has 7 nitrogen and oxygen atoms in total. The molecule has 2 aliphatic rings. The highest BCUT2D eigenvalue weighted by Crippen LogP contribution is 2.48. The zero-order chi connectivity index (χ0) is 22.9. The lowest BCUT2D eigenvalue weighted by Gasteiger charge is -2.29. The number of hydrogen-bond donors (Lipinski definition) is 1. The zero-order valence-electron chi connectivity index (χ0n) is 18.1. The fourth-order valence-corrected chi connectivity index (χ4v) is 4.52. The highest BCUT2D eigenvalue weighted by molar-refractivity contribution is 6.07. The summed E-state index contributed by atoms with van der Waals surface area (Å²) in [7, 11) is 0. The molecule has 0 bridgehead atoms.